The summed E-state index contributed by atoms with van der Waals surface area (Å²) in [6.45, 7) is 0. The smallest absolute Gasteiger partial charge is 0.256 e. The Balaban J connectivity index is 2.16. The second kappa shape index (κ2) is 5.99. The molecule has 0 saturated heterocycles. The van der Waals surface area contributed by atoms with E-state index in [-0.39, 0.29) is 5.91 Å². The highest BCUT2D eigenvalue weighted by Crippen LogP contribution is 2.20. The molecule has 1 heterocycles. The highest BCUT2D eigenvalue weighted by Gasteiger charge is 2.08. The Morgan fingerprint density at radius 1 is 1.37 bits per heavy atom. The molecule has 1 amide bonds. The fourth-order valence-corrected chi connectivity index (χ4v) is 1.88. The molecule has 6 heteroatoms. The lowest BCUT2D eigenvalue weighted by molar-refractivity contribution is 0.102. The largest absolute Gasteiger partial charge is 0.307 e. The molecule has 2 rings (SSSR count). The van der Waals surface area contributed by atoms with Crippen molar-refractivity contribution < 1.29 is 4.79 Å². The van der Waals surface area contributed by atoms with Crippen LogP contribution in [0.15, 0.2) is 36.5 Å². The van der Waals surface area contributed by atoms with Gasteiger partial charge in [-0.2, -0.15) is 5.26 Å². The van der Waals surface area contributed by atoms with Crippen LogP contribution in [0.2, 0.25) is 5.02 Å². The summed E-state index contributed by atoms with van der Waals surface area (Å²) in [6.07, 6.45) is 1.40. The van der Waals surface area contributed by atoms with Crippen LogP contribution in [0.1, 0.15) is 15.9 Å². The van der Waals surface area contributed by atoms with E-state index < -0.39 is 0 Å². The Morgan fingerprint density at radius 2 is 2.16 bits per heavy atom. The van der Waals surface area contributed by atoms with Crippen molar-refractivity contribution in [1.82, 2.24) is 4.98 Å². The second-order valence-electron chi connectivity index (χ2n) is 3.63. The molecule has 4 nitrogen and oxygen atoms in total. The summed E-state index contributed by atoms with van der Waals surface area (Å²) in [5, 5.41) is 11.8. The number of nitrogens with zero attached hydrogens (tertiary/aromatic N) is 2. The number of benzene rings is 1. The minimum absolute atomic E-state index is 0.296. The molecule has 0 spiro atoms. The third kappa shape index (κ3) is 3.43. The number of aromatic nitrogens is 1. The summed E-state index contributed by atoms with van der Waals surface area (Å²) in [5.41, 5.74) is 0.895. The molecule has 1 N–H and O–H groups in total. The summed E-state index contributed by atoms with van der Waals surface area (Å²) < 4.78 is 0.882. The SMILES string of the molecule is N#Cc1ccc(NC(=O)c2ccc(I)c(Cl)c2)nc1. The van der Waals surface area contributed by atoms with Crippen LogP contribution in [0.25, 0.3) is 0 Å². The van der Waals surface area contributed by atoms with E-state index in [9.17, 15) is 4.79 Å². The standard InChI is InChI=1S/C13H7ClIN3O/c14-10-5-9(2-3-11(10)15)13(19)18-12-4-1-8(6-16)7-17-12/h1-5,7H,(H,17,18,19). The van der Waals surface area contributed by atoms with Crippen LogP contribution >= 0.6 is 34.2 Å². The molecule has 0 fully saturated rings. The molecule has 0 atom stereocenters. The number of amides is 1. The average molecular weight is 384 g/mol. The van der Waals surface area contributed by atoms with Crippen LogP contribution < -0.4 is 5.32 Å². The number of hydrogen-bond donors (Lipinski definition) is 1. The predicted octanol–water partition coefficient (Wildman–Crippen LogP) is 3.46. The zero-order chi connectivity index (χ0) is 13.8. The molecule has 0 saturated carbocycles. The van der Waals surface area contributed by atoms with Gasteiger partial charge in [0, 0.05) is 15.3 Å². The number of hydrogen-bond acceptors (Lipinski definition) is 3. The summed E-state index contributed by atoms with van der Waals surface area (Å²) in [4.78, 5) is 15.9. The third-order valence-electron chi connectivity index (χ3n) is 2.32. The van der Waals surface area contributed by atoms with Gasteiger partial charge in [0.05, 0.1) is 10.6 Å². The molecule has 0 aliphatic carbocycles. The molecular weight excluding hydrogens is 377 g/mol. The maximum atomic E-state index is 12.0. The van der Waals surface area contributed by atoms with Gasteiger partial charge in [0.15, 0.2) is 0 Å². The molecule has 2 aromatic rings. The van der Waals surface area contributed by atoms with Gasteiger partial charge in [-0.15, -0.1) is 0 Å². The second-order valence-corrected chi connectivity index (χ2v) is 5.20. The van der Waals surface area contributed by atoms with Gasteiger partial charge in [-0.25, -0.2) is 4.98 Å². The normalized spacial score (nSPS) is 9.74. The van der Waals surface area contributed by atoms with Crippen LogP contribution in [0, 0.1) is 14.9 Å². The zero-order valence-electron chi connectivity index (χ0n) is 9.52. The highest BCUT2D eigenvalue weighted by molar-refractivity contribution is 14.1. The van der Waals surface area contributed by atoms with Gasteiger partial charge in [0.2, 0.25) is 0 Å². The van der Waals surface area contributed by atoms with Crippen molar-refractivity contribution in [3.63, 3.8) is 0 Å². The van der Waals surface area contributed by atoms with E-state index in [2.05, 4.69) is 32.9 Å². The molecule has 0 aliphatic rings. The van der Waals surface area contributed by atoms with E-state index in [0.29, 0.717) is 22.0 Å². The Bertz CT molecular complexity index is 665. The van der Waals surface area contributed by atoms with Crippen molar-refractivity contribution in [2.24, 2.45) is 0 Å². The lowest BCUT2D eigenvalue weighted by Gasteiger charge is -2.05. The fourth-order valence-electron chi connectivity index (χ4n) is 1.36. The fraction of sp³-hybridized carbons (Fsp3) is 0. The quantitative estimate of drug-likeness (QED) is 0.808. The summed E-state index contributed by atoms with van der Waals surface area (Å²) >= 11 is 8.05. The number of nitriles is 1. The van der Waals surface area contributed by atoms with Crippen LogP contribution in [0.5, 0.6) is 0 Å². The molecular formula is C13H7ClIN3O. The number of nitrogens with one attached hydrogen (secondary N) is 1. The maximum absolute atomic E-state index is 12.0. The van der Waals surface area contributed by atoms with E-state index in [1.807, 2.05) is 6.07 Å². The van der Waals surface area contributed by atoms with E-state index >= 15 is 0 Å². The summed E-state index contributed by atoms with van der Waals surface area (Å²) in [5.74, 6) is 0.0918. The van der Waals surface area contributed by atoms with Gasteiger partial charge in [0.1, 0.15) is 11.9 Å². The Morgan fingerprint density at radius 3 is 2.74 bits per heavy atom. The number of rotatable bonds is 2. The molecule has 19 heavy (non-hydrogen) atoms. The van der Waals surface area contributed by atoms with Crippen LogP contribution in [0.4, 0.5) is 5.82 Å². The summed E-state index contributed by atoms with van der Waals surface area (Å²) in [6, 6.07) is 10.2. The van der Waals surface area contributed by atoms with Crippen LogP contribution in [-0.4, -0.2) is 10.9 Å². The number of carbonyl (C=O) groups excluding carboxylic acids is 1. The van der Waals surface area contributed by atoms with Crippen LogP contribution in [0.3, 0.4) is 0 Å². The van der Waals surface area contributed by atoms with Gasteiger partial charge < -0.3 is 5.32 Å². The van der Waals surface area contributed by atoms with E-state index in [4.69, 9.17) is 16.9 Å². The molecule has 1 aromatic heterocycles. The van der Waals surface area contributed by atoms with Gasteiger partial charge >= 0.3 is 0 Å². The zero-order valence-corrected chi connectivity index (χ0v) is 12.4. The number of halogens is 2. The lowest BCUT2D eigenvalue weighted by Crippen LogP contribution is -2.12. The monoisotopic (exact) mass is 383 g/mol. The van der Waals surface area contributed by atoms with E-state index in [0.717, 1.165) is 3.57 Å². The maximum Gasteiger partial charge on any atom is 0.256 e. The van der Waals surface area contributed by atoms with Crippen molar-refractivity contribution >= 4 is 45.9 Å². The molecule has 0 bridgehead atoms. The molecule has 0 unspecified atom stereocenters. The van der Waals surface area contributed by atoms with Crippen molar-refractivity contribution in [3.05, 3.63) is 56.2 Å². The number of anilines is 1. The molecule has 94 valence electrons. The van der Waals surface area contributed by atoms with Gasteiger partial charge in [-0.1, -0.05) is 11.6 Å². The van der Waals surface area contributed by atoms with Crippen molar-refractivity contribution in [2.45, 2.75) is 0 Å². The minimum Gasteiger partial charge on any atom is -0.307 e. The average Bonchev–Trinajstić information content (AvgIpc) is 2.42. The van der Waals surface area contributed by atoms with Gasteiger partial charge in [0.25, 0.3) is 5.91 Å². The first-order chi connectivity index (χ1) is 9.10. The Labute approximate surface area is 128 Å². The highest BCUT2D eigenvalue weighted by atomic mass is 127. The van der Waals surface area contributed by atoms with Gasteiger partial charge in [-0.3, -0.25) is 4.79 Å². The third-order valence-corrected chi connectivity index (χ3v) is 3.89. The molecule has 0 radical (unpaired) electrons. The first kappa shape index (κ1) is 13.8. The van der Waals surface area contributed by atoms with Crippen molar-refractivity contribution in [2.75, 3.05) is 5.32 Å². The Hall–Kier alpha value is -1.65. The Kier molecular flexibility index (Phi) is 4.35. The van der Waals surface area contributed by atoms with E-state index in [1.54, 1.807) is 30.3 Å². The number of pyridine rings is 1. The predicted molar refractivity (Wildman–Crippen MR) is 81.1 cm³/mol. The summed E-state index contributed by atoms with van der Waals surface area (Å²) in [7, 11) is 0. The minimum atomic E-state index is -0.296. The molecule has 0 aliphatic heterocycles. The first-order valence-electron chi connectivity index (χ1n) is 5.22. The van der Waals surface area contributed by atoms with Crippen molar-refractivity contribution in [1.29, 1.82) is 5.26 Å². The van der Waals surface area contributed by atoms with Gasteiger partial charge in [-0.05, 0) is 52.9 Å². The van der Waals surface area contributed by atoms with Crippen molar-refractivity contribution in [3.8, 4) is 6.07 Å². The molecule has 1 aromatic carbocycles. The first-order valence-corrected chi connectivity index (χ1v) is 6.68. The lowest BCUT2D eigenvalue weighted by atomic mass is 10.2. The van der Waals surface area contributed by atoms with Crippen LogP contribution in [-0.2, 0) is 0 Å². The number of carbonyl (C=O) groups is 1. The topological polar surface area (TPSA) is 65.8 Å². The van der Waals surface area contributed by atoms with E-state index in [1.165, 1.54) is 6.20 Å².